The smallest absolute Gasteiger partial charge is 0.313 e. The van der Waals surface area contributed by atoms with Crippen molar-refractivity contribution in [1.82, 2.24) is 15.2 Å². The molecule has 246 valence electrons. The number of thioether (sulfide) groups is 1. The number of aromatic nitrogens is 1. The van der Waals surface area contributed by atoms with Gasteiger partial charge in [0.05, 0.1) is 0 Å². The third kappa shape index (κ3) is 6.18. The molecule has 0 bridgehead atoms. The first-order chi connectivity index (χ1) is 23.3. The number of oxime groups is 1. The highest BCUT2D eigenvalue weighted by atomic mass is 35.5. The molecular weight excluding hydrogens is 670 g/mol. The first-order valence-electron chi connectivity index (χ1n) is 15.1. The van der Waals surface area contributed by atoms with Crippen LogP contribution in [-0.2, 0) is 24.8 Å². The van der Waals surface area contributed by atoms with E-state index >= 15 is 0 Å². The number of halogens is 1. The Bertz CT molecular complexity index is 1730. The van der Waals surface area contributed by atoms with E-state index in [1.807, 2.05) is 54.6 Å². The fourth-order valence-corrected chi connectivity index (χ4v) is 8.54. The zero-order chi connectivity index (χ0) is 33.7. The van der Waals surface area contributed by atoms with Gasteiger partial charge in [-0.1, -0.05) is 109 Å². The van der Waals surface area contributed by atoms with Gasteiger partial charge in [0.2, 0.25) is 5.91 Å². The summed E-state index contributed by atoms with van der Waals surface area (Å²) in [4.78, 5) is 50.3. The van der Waals surface area contributed by atoms with Crippen LogP contribution in [-0.4, -0.2) is 74.7 Å². The molecule has 2 aliphatic rings. The summed E-state index contributed by atoms with van der Waals surface area (Å²) in [6.45, 7) is 3.67. The molecular formula is C35H32ClN5O5S2. The van der Waals surface area contributed by atoms with Gasteiger partial charge in [-0.3, -0.25) is 14.4 Å². The quantitative estimate of drug-likeness (QED) is 0.0331. The summed E-state index contributed by atoms with van der Waals surface area (Å²) in [5, 5.41) is 22.1. The van der Waals surface area contributed by atoms with E-state index in [1.54, 1.807) is 5.38 Å². The van der Waals surface area contributed by atoms with Crippen LogP contribution >= 0.6 is 34.7 Å². The van der Waals surface area contributed by atoms with E-state index in [2.05, 4.69) is 58.8 Å². The number of carboxylic acids is 1. The van der Waals surface area contributed by atoms with Crippen LogP contribution < -0.4 is 10.6 Å². The second-order valence-electron chi connectivity index (χ2n) is 11.4. The predicted molar refractivity (Wildman–Crippen MR) is 188 cm³/mol. The van der Waals surface area contributed by atoms with Crippen LogP contribution in [0.1, 0.15) is 22.4 Å². The summed E-state index contributed by atoms with van der Waals surface area (Å²) < 4.78 is 0. The van der Waals surface area contributed by atoms with E-state index < -0.39 is 34.2 Å². The molecule has 10 nitrogen and oxygen atoms in total. The van der Waals surface area contributed by atoms with Gasteiger partial charge in [0.1, 0.15) is 34.7 Å². The number of alkyl halides is 1. The molecule has 2 amide bonds. The molecule has 2 fully saturated rings. The van der Waals surface area contributed by atoms with Crippen molar-refractivity contribution in [2.45, 2.75) is 17.0 Å². The number of β-lactam (4-membered cyclic amide) rings is 1. The van der Waals surface area contributed by atoms with Crippen molar-refractivity contribution in [3.05, 3.63) is 131 Å². The summed E-state index contributed by atoms with van der Waals surface area (Å²) in [6.07, 6.45) is 1.50. The molecule has 1 aromatic heterocycles. The molecule has 2 unspecified atom stereocenters. The maximum absolute atomic E-state index is 13.7. The molecule has 48 heavy (non-hydrogen) atoms. The minimum absolute atomic E-state index is 0.0226. The maximum Gasteiger partial charge on any atom is 0.313 e. The Kier molecular flexibility index (Phi) is 9.86. The minimum Gasteiger partial charge on any atom is -0.481 e. The lowest BCUT2D eigenvalue weighted by atomic mass is 9.77. The second-order valence-corrected chi connectivity index (χ2v) is 13.6. The van der Waals surface area contributed by atoms with Crippen LogP contribution in [0.5, 0.6) is 0 Å². The van der Waals surface area contributed by atoms with Gasteiger partial charge < -0.3 is 25.5 Å². The summed E-state index contributed by atoms with van der Waals surface area (Å²) in [5.41, 5.74) is 1.01. The van der Waals surface area contributed by atoms with E-state index in [0.29, 0.717) is 5.13 Å². The standard InChI is InChI=1S/C35H32ClN5O5S2/c1-2-18-46-40-27(29(42)38-28-30(43)41-21-34(20-36,32(44)45)22-48-31(28)41)26-19-47-33(37-26)39-35(23-12-6-3-7-13-23,24-14-8-4-9-15-24)25-16-10-5-11-17-25/h2-17,19,28,31H,1,18,20-22H2,(H,37,39)(H,38,42)(H,44,45)/t28?,31-,34?/m1/s1. The third-order valence-electron chi connectivity index (χ3n) is 8.37. The molecule has 0 aliphatic carbocycles. The van der Waals surface area contributed by atoms with Crippen LogP contribution in [0.3, 0.4) is 0 Å². The molecule has 6 rings (SSSR count). The Labute approximate surface area is 290 Å². The Morgan fingerprint density at radius 3 is 2.17 bits per heavy atom. The van der Waals surface area contributed by atoms with Crippen molar-refractivity contribution in [1.29, 1.82) is 0 Å². The predicted octanol–water partition coefficient (Wildman–Crippen LogP) is 5.16. The summed E-state index contributed by atoms with van der Waals surface area (Å²) in [6, 6.07) is 29.3. The summed E-state index contributed by atoms with van der Waals surface area (Å²) in [7, 11) is 0. The number of benzene rings is 3. The molecule has 3 atom stereocenters. The van der Waals surface area contributed by atoms with Crippen LogP contribution in [0.4, 0.5) is 5.13 Å². The number of aliphatic carboxylic acids is 1. The van der Waals surface area contributed by atoms with Crippen LogP contribution in [0.2, 0.25) is 0 Å². The van der Waals surface area contributed by atoms with Crippen molar-refractivity contribution in [2.24, 2.45) is 10.6 Å². The Morgan fingerprint density at radius 2 is 1.65 bits per heavy atom. The Hall–Kier alpha value is -4.65. The van der Waals surface area contributed by atoms with E-state index in [4.69, 9.17) is 21.4 Å². The number of hydrogen-bond acceptors (Lipinski definition) is 9. The minimum atomic E-state index is -1.24. The maximum atomic E-state index is 13.7. The number of anilines is 1. The van der Waals surface area contributed by atoms with E-state index in [1.165, 1.54) is 34.1 Å². The summed E-state index contributed by atoms with van der Waals surface area (Å²) in [5.74, 6) is -2.01. The second kappa shape index (κ2) is 14.2. The molecule has 0 spiro atoms. The number of nitrogens with zero attached hydrogens (tertiary/aromatic N) is 3. The normalized spacial score (nSPS) is 20.6. The molecule has 3 heterocycles. The Morgan fingerprint density at radius 1 is 1.06 bits per heavy atom. The fourth-order valence-electron chi connectivity index (χ4n) is 5.84. The van der Waals surface area contributed by atoms with Gasteiger partial charge in [-0.15, -0.1) is 34.7 Å². The highest BCUT2D eigenvalue weighted by molar-refractivity contribution is 8.00. The van der Waals surface area contributed by atoms with Gasteiger partial charge in [-0.2, -0.15) is 0 Å². The summed E-state index contributed by atoms with van der Waals surface area (Å²) >= 11 is 8.58. The largest absolute Gasteiger partial charge is 0.481 e. The number of carboxylic acid groups (broad SMARTS) is 1. The highest BCUT2D eigenvalue weighted by Gasteiger charge is 2.57. The van der Waals surface area contributed by atoms with Crippen molar-refractivity contribution in [3.63, 3.8) is 0 Å². The average molecular weight is 702 g/mol. The van der Waals surface area contributed by atoms with Crippen molar-refractivity contribution in [3.8, 4) is 0 Å². The zero-order valence-corrected chi connectivity index (χ0v) is 28.0. The molecule has 2 saturated heterocycles. The van der Waals surface area contributed by atoms with Gasteiger partial charge in [-0.05, 0) is 16.7 Å². The van der Waals surface area contributed by atoms with Crippen molar-refractivity contribution >= 4 is 63.3 Å². The first kappa shape index (κ1) is 33.3. The Balaban J connectivity index is 1.30. The number of fused-ring (bicyclic) bond motifs is 1. The topological polar surface area (TPSA) is 133 Å². The number of carbonyl (C=O) groups is 3. The fraction of sp³-hybridized carbons (Fsp3) is 0.229. The highest BCUT2D eigenvalue weighted by Crippen LogP contribution is 2.43. The van der Waals surface area contributed by atoms with Gasteiger partial charge in [0, 0.05) is 23.6 Å². The van der Waals surface area contributed by atoms with Crippen molar-refractivity contribution < 1.29 is 24.3 Å². The number of hydrogen-bond donors (Lipinski definition) is 3. The lowest BCUT2D eigenvalue weighted by Crippen LogP contribution is -2.74. The van der Waals surface area contributed by atoms with E-state index in [0.717, 1.165) is 16.7 Å². The zero-order valence-electron chi connectivity index (χ0n) is 25.6. The number of nitrogens with one attached hydrogen (secondary N) is 2. The number of rotatable bonds is 13. The van der Waals surface area contributed by atoms with Crippen LogP contribution in [0.25, 0.3) is 0 Å². The van der Waals surface area contributed by atoms with Crippen LogP contribution in [0.15, 0.2) is 114 Å². The lowest BCUT2D eigenvalue weighted by molar-refractivity contribution is -0.157. The SMILES string of the molecule is C=CCON=C(C(=O)NC1C(=O)N2CC(CCl)(C(=O)O)CS[C@H]12)c1csc(NC(c2ccccc2)(c2ccccc2)c2ccccc2)n1. The first-order valence-corrected chi connectivity index (χ1v) is 17.5. The third-order valence-corrected chi connectivity index (χ3v) is 11.2. The molecule has 0 radical (unpaired) electrons. The molecule has 0 saturated carbocycles. The van der Waals surface area contributed by atoms with Crippen LogP contribution in [0, 0.1) is 5.41 Å². The number of amides is 2. The molecule has 3 aromatic carbocycles. The van der Waals surface area contributed by atoms with E-state index in [9.17, 15) is 19.5 Å². The van der Waals surface area contributed by atoms with Crippen molar-refractivity contribution in [2.75, 3.05) is 30.1 Å². The molecule has 2 aliphatic heterocycles. The van der Waals surface area contributed by atoms with E-state index in [-0.39, 0.29) is 42.1 Å². The number of carbonyl (C=O) groups excluding carboxylic acids is 2. The molecule has 3 N–H and O–H groups in total. The average Bonchev–Trinajstić information content (AvgIpc) is 3.59. The molecule has 4 aromatic rings. The number of thiazole rings is 1. The van der Waals surface area contributed by atoms with Gasteiger partial charge >= 0.3 is 5.97 Å². The van der Waals surface area contributed by atoms with Gasteiger partial charge in [0.15, 0.2) is 10.8 Å². The monoisotopic (exact) mass is 701 g/mol. The van der Waals surface area contributed by atoms with Gasteiger partial charge in [0.25, 0.3) is 5.91 Å². The van der Waals surface area contributed by atoms with Gasteiger partial charge in [-0.25, -0.2) is 4.98 Å². The lowest BCUT2D eigenvalue weighted by Gasteiger charge is -2.53. The molecule has 13 heteroatoms.